The zero-order valence-corrected chi connectivity index (χ0v) is 15.6. The van der Waals surface area contributed by atoms with Crippen molar-refractivity contribution in [2.75, 3.05) is 27.3 Å². The molecule has 2 heterocycles. The second-order valence-electron chi connectivity index (χ2n) is 7.59. The fraction of sp³-hybridized carbons (Fsp3) is 0.650. The Morgan fingerprint density at radius 1 is 1.20 bits per heavy atom. The Morgan fingerprint density at radius 2 is 1.92 bits per heavy atom. The number of carbonyl (C=O) groups is 1. The molecule has 0 aliphatic carbocycles. The van der Waals surface area contributed by atoms with Gasteiger partial charge in [-0.05, 0) is 25.8 Å². The number of carbonyl (C=O) groups excluding carboxylic acids is 1. The van der Waals surface area contributed by atoms with Crippen LogP contribution in [0, 0.1) is 11.8 Å². The van der Waals surface area contributed by atoms with Crippen LogP contribution in [0.2, 0.25) is 0 Å². The molecule has 2 aliphatic rings. The van der Waals surface area contributed by atoms with E-state index >= 15 is 0 Å². The maximum absolute atomic E-state index is 11.8. The molecule has 0 saturated carbocycles. The average molecular weight is 347 g/mol. The van der Waals surface area contributed by atoms with Gasteiger partial charge in [-0.25, -0.2) is 0 Å². The Balaban J connectivity index is 1.80. The second-order valence-corrected chi connectivity index (χ2v) is 7.59. The van der Waals surface area contributed by atoms with E-state index in [0.717, 1.165) is 32.3 Å². The fourth-order valence-corrected chi connectivity index (χ4v) is 4.28. The van der Waals surface area contributed by atoms with E-state index in [9.17, 15) is 4.79 Å². The lowest BCUT2D eigenvalue weighted by molar-refractivity contribution is -0.361. The summed E-state index contributed by atoms with van der Waals surface area (Å²) >= 11 is 0. The van der Waals surface area contributed by atoms with Gasteiger partial charge in [0.25, 0.3) is 0 Å². The van der Waals surface area contributed by atoms with E-state index in [1.165, 1.54) is 5.56 Å². The van der Waals surface area contributed by atoms with Gasteiger partial charge in [-0.15, -0.1) is 0 Å². The van der Waals surface area contributed by atoms with E-state index in [2.05, 4.69) is 17.0 Å². The van der Waals surface area contributed by atoms with Gasteiger partial charge in [-0.2, -0.15) is 0 Å². The van der Waals surface area contributed by atoms with Crippen LogP contribution in [0.4, 0.5) is 0 Å². The molecule has 5 atom stereocenters. The molecule has 0 amide bonds. The number of benzene rings is 1. The third kappa shape index (κ3) is 3.38. The van der Waals surface area contributed by atoms with Gasteiger partial charge in [0.15, 0.2) is 5.79 Å². The molecule has 138 valence electrons. The molecule has 0 N–H and O–H groups in total. The van der Waals surface area contributed by atoms with Crippen LogP contribution < -0.4 is 0 Å². The first-order valence-electron chi connectivity index (χ1n) is 8.94. The zero-order valence-electron chi connectivity index (χ0n) is 15.6. The molecular formula is C20H29NO4. The van der Waals surface area contributed by atoms with Crippen LogP contribution in [0.3, 0.4) is 0 Å². The average Bonchev–Trinajstić information content (AvgIpc) is 2.63. The normalized spacial score (nSPS) is 39.0. The molecule has 2 aliphatic heterocycles. The summed E-state index contributed by atoms with van der Waals surface area (Å²) in [6.45, 7) is 6.31. The molecule has 3 rings (SSSR count). The van der Waals surface area contributed by atoms with Crippen molar-refractivity contribution in [2.24, 2.45) is 11.8 Å². The van der Waals surface area contributed by atoms with E-state index in [-0.39, 0.29) is 17.9 Å². The van der Waals surface area contributed by atoms with E-state index in [1.807, 2.05) is 32.0 Å². The van der Waals surface area contributed by atoms with Gasteiger partial charge in [0, 0.05) is 45.7 Å². The number of hydrogen-bond donors (Lipinski definition) is 0. The van der Waals surface area contributed by atoms with Crippen LogP contribution in [0.1, 0.15) is 25.8 Å². The zero-order chi connectivity index (χ0) is 18.1. The predicted octanol–water partition coefficient (Wildman–Crippen LogP) is 2.49. The maximum atomic E-state index is 11.8. The molecule has 0 aromatic heterocycles. The van der Waals surface area contributed by atoms with Crippen LogP contribution >= 0.6 is 0 Å². The van der Waals surface area contributed by atoms with Gasteiger partial charge in [0.2, 0.25) is 0 Å². The van der Waals surface area contributed by atoms with E-state index in [1.54, 1.807) is 14.2 Å². The van der Waals surface area contributed by atoms with Crippen molar-refractivity contribution < 1.29 is 19.0 Å². The Labute approximate surface area is 150 Å². The molecule has 0 spiro atoms. The fourth-order valence-electron chi connectivity index (χ4n) is 4.28. The molecule has 25 heavy (non-hydrogen) atoms. The van der Waals surface area contributed by atoms with Gasteiger partial charge in [-0.3, -0.25) is 4.90 Å². The van der Waals surface area contributed by atoms with Gasteiger partial charge < -0.3 is 19.0 Å². The first-order chi connectivity index (χ1) is 11.9. The van der Waals surface area contributed by atoms with Crippen molar-refractivity contribution in [1.29, 1.82) is 0 Å². The first-order valence-corrected chi connectivity index (χ1v) is 8.94. The highest BCUT2D eigenvalue weighted by molar-refractivity contribution is 5.55. The molecule has 2 fully saturated rings. The highest BCUT2D eigenvalue weighted by Crippen LogP contribution is 2.46. The van der Waals surface area contributed by atoms with Crippen molar-refractivity contribution in [3.8, 4) is 0 Å². The number of methoxy groups -OCH3 is 2. The number of fused-ring (bicyclic) bond motifs is 1. The molecule has 5 nitrogen and oxygen atoms in total. The summed E-state index contributed by atoms with van der Waals surface area (Å²) in [7, 11) is 3.33. The molecular weight excluding hydrogens is 318 g/mol. The number of aldehydes is 1. The van der Waals surface area contributed by atoms with Crippen LogP contribution in [-0.4, -0.2) is 56.0 Å². The number of piperidine rings is 1. The summed E-state index contributed by atoms with van der Waals surface area (Å²) in [5.41, 5.74) is 0.670. The Morgan fingerprint density at radius 3 is 2.52 bits per heavy atom. The first kappa shape index (κ1) is 18.5. The topological polar surface area (TPSA) is 48.0 Å². The molecule has 0 bridgehead atoms. The van der Waals surface area contributed by atoms with Gasteiger partial charge in [-0.1, -0.05) is 30.3 Å². The van der Waals surface area contributed by atoms with Crippen molar-refractivity contribution >= 4 is 6.29 Å². The van der Waals surface area contributed by atoms with Crippen molar-refractivity contribution in [1.82, 2.24) is 4.90 Å². The molecule has 5 unspecified atom stereocenters. The predicted molar refractivity (Wildman–Crippen MR) is 95.1 cm³/mol. The summed E-state index contributed by atoms with van der Waals surface area (Å²) < 4.78 is 17.9. The highest BCUT2D eigenvalue weighted by atomic mass is 16.7. The lowest BCUT2D eigenvalue weighted by atomic mass is 9.72. The molecule has 2 saturated heterocycles. The summed E-state index contributed by atoms with van der Waals surface area (Å²) in [5, 5.41) is 0. The molecule has 0 radical (unpaired) electrons. The van der Waals surface area contributed by atoms with E-state index in [4.69, 9.17) is 14.2 Å². The third-order valence-electron chi connectivity index (χ3n) is 6.16. The Bertz CT molecular complexity index is 595. The van der Waals surface area contributed by atoms with Crippen molar-refractivity contribution in [3.05, 3.63) is 35.9 Å². The number of rotatable bonds is 5. The van der Waals surface area contributed by atoms with Crippen LogP contribution in [0.15, 0.2) is 30.3 Å². The highest BCUT2D eigenvalue weighted by Gasteiger charge is 2.57. The summed E-state index contributed by atoms with van der Waals surface area (Å²) in [6.07, 6.45) is 1.80. The number of likely N-dealkylation sites (tertiary alicyclic amines) is 1. The van der Waals surface area contributed by atoms with E-state index < -0.39 is 11.4 Å². The van der Waals surface area contributed by atoms with Gasteiger partial charge >= 0.3 is 0 Å². The maximum Gasteiger partial charge on any atom is 0.194 e. The van der Waals surface area contributed by atoms with Gasteiger partial charge in [0.05, 0.1) is 6.10 Å². The molecule has 1 aromatic carbocycles. The minimum Gasteiger partial charge on any atom is -0.373 e. The third-order valence-corrected chi connectivity index (χ3v) is 6.16. The van der Waals surface area contributed by atoms with Crippen LogP contribution in [0.5, 0.6) is 0 Å². The minimum absolute atomic E-state index is 0.0409. The molecule has 1 aromatic rings. The Hall–Kier alpha value is -1.27. The standard InChI is InChI=1S/C20H29NO4/c1-19(23-3)10-17-16(14-22)12-21(11-15-8-6-5-7-9-15)13-18(17)25-20(19,2)24-4/h5-9,14,16-18H,10-13H2,1-4H3. The molecule has 5 heteroatoms. The largest absolute Gasteiger partial charge is 0.373 e. The summed E-state index contributed by atoms with van der Waals surface area (Å²) in [6, 6.07) is 10.3. The van der Waals surface area contributed by atoms with Crippen LogP contribution in [-0.2, 0) is 25.5 Å². The number of ether oxygens (including phenoxy) is 3. The van der Waals surface area contributed by atoms with Gasteiger partial charge in [0.1, 0.15) is 11.9 Å². The second kappa shape index (κ2) is 7.16. The monoisotopic (exact) mass is 347 g/mol. The number of nitrogens with zero attached hydrogens (tertiary/aromatic N) is 1. The SMILES string of the molecule is COC1(C)CC2C(C=O)CN(Cc3ccccc3)CC2OC1(C)OC. The summed E-state index contributed by atoms with van der Waals surface area (Å²) in [4.78, 5) is 14.1. The Kier molecular flexibility index (Phi) is 5.30. The lowest BCUT2D eigenvalue weighted by Crippen LogP contribution is -2.66. The van der Waals surface area contributed by atoms with Crippen LogP contribution in [0.25, 0.3) is 0 Å². The number of hydrogen-bond acceptors (Lipinski definition) is 5. The minimum atomic E-state index is -0.827. The van der Waals surface area contributed by atoms with Crippen molar-refractivity contribution in [3.63, 3.8) is 0 Å². The van der Waals surface area contributed by atoms with Crippen molar-refractivity contribution in [2.45, 2.75) is 44.3 Å². The van der Waals surface area contributed by atoms with E-state index in [0.29, 0.717) is 0 Å². The lowest BCUT2D eigenvalue weighted by Gasteiger charge is -2.56. The smallest absolute Gasteiger partial charge is 0.194 e. The summed E-state index contributed by atoms with van der Waals surface area (Å²) in [5.74, 6) is -0.734. The quantitative estimate of drug-likeness (QED) is 0.766.